The average Bonchev–Trinajstić information content (AvgIpc) is 3.46. The molecule has 0 spiro atoms. The van der Waals surface area contributed by atoms with Gasteiger partial charge in [0.2, 0.25) is 0 Å². The van der Waals surface area contributed by atoms with E-state index in [2.05, 4.69) is 169 Å². The van der Waals surface area contributed by atoms with Gasteiger partial charge in [-0.15, -0.1) is 0 Å². The molecule has 1 heterocycles. The van der Waals surface area contributed by atoms with Crippen LogP contribution in [-0.4, -0.2) is 4.57 Å². The molecule has 0 unspecified atom stereocenters. The van der Waals surface area contributed by atoms with E-state index in [1.54, 1.807) is 0 Å². The quantitative estimate of drug-likeness (QED) is 0.221. The van der Waals surface area contributed by atoms with Crippen molar-refractivity contribution in [2.24, 2.45) is 0 Å². The molecule has 0 saturated carbocycles. The maximum Gasteiger partial charge on any atom is 0.0547 e. The van der Waals surface area contributed by atoms with E-state index in [4.69, 9.17) is 0 Å². The first-order valence-electron chi connectivity index (χ1n) is 14.3. The van der Waals surface area contributed by atoms with Gasteiger partial charge in [-0.1, -0.05) is 92.7 Å². The Morgan fingerprint density at radius 2 is 1.05 bits per heavy atom. The maximum atomic E-state index is 2.46. The van der Waals surface area contributed by atoms with E-state index in [0.29, 0.717) is 0 Å². The molecule has 8 rings (SSSR count). The van der Waals surface area contributed by atoms with E-state index < -0.39 is 0 Å². The lowest BCUT2D eigenvalue weighted by Crippen LogP contribution is -2.14. The molecular formula is C39H30N2. The topological polar surface area (TPSA) is 8.17 Å². The summed E-state index contributed by atoms with van der Waals surface area (Å²) in [6, 6.07) is 52.7. The molecule has 0 radical (unpaired) electrons. The lowest BCUT2D eigenvalue weighted by molar-refractivity contribution is 0.661. The molecule has 0 fully saturated rings. The lowest BCUT2D eigenvalue weighted by Gasteiger charge is -2.25. The van der Waals surface area contributed by atoms with E-state index in [9.17, 15) is 0 Å². The van der Waals surface area contributed by atoms with Crippen molar-refractivity contribution < 1.29 is 0 Å². The molecular weight excluding hydrogens is 496 g/mol. The molecule has 41 heavy (non-hydrogen) atoms. The van der Waals surface area contributed by atoms with Gasteiger partial charge in [0.1, 0.15) is 0 Å². The van der Waals surface area contributed by atoms with Crippen LogP contribution in [0, 0.1) is 0 Å². The normalized spacial score (nSPS) is 13.3. The molecule has 0 amide bonds. The Morgan fingerprint density at radius 3 is 1.73 bits per heavy atom. The third kappa shape index (κ3) is 3.57. The highest BCUT2D eigenvalue weighted by atomic mass is 15.1. The molecule has 196 valence electrons. The van der Waals surface area contributed by atoms with Crippen molar-refractivity contribution in [1.29, 1.82) is 0 Å². The Morgan fingerprint density at radius 1 is 0.463 bits per heavy atom. The fourth-order valence-corrected chi connectivity index (χ4v) is 6.80. The predicted octanol–water partition coefficient (Wildman–Crippen LogP) is 10.6. The minimum atomic E-state index is -0.0565. The van der Waals surface area contributed by atoms with Crippen LogP contribution in [0.2, 0.25) is 0 Å². The van der Waals surface area contributed by atoms with Gasteiger partial charge in [-0.3, -0.25) is 0 Å². The highest BCUT2D eigenvalue weighted by molar-refractivity contribution is 6.12. The molecule has 1 aromatic heterocycles. The third-order valence-corrected chi connectivity index (χ3v) is 8.75. The minimum absolute atomic E-state index is 0.0565. The molecule has 0 bridgehead atoms. The van der Waals surface area contributed by atoms with Crippen LogP contribution in [0.3, 0.4) is 0 Å². The molecule has 1 aliphatic carbocycles. The number of benzene rings is 6. The van der Waals surface area contributed by atoms with Gasteiger partial charge in [0.15, 0.2) is 0 Å². The highest BCUT2D eigenvalue weighted by Crippen LogP contribution is 2.51. The number of hydrogen-bond acceptors (Lipinski definition) is 1. The molecule has 7 aromatic rings. The van der Waals surface area contributed by atoms with Gasteiger partial charge in [0, 0.05) is 38.9 Å². The average molecular weight is 527 g/mol. The zero-order valence-electron chi connectivity index (χ0n) is 23.3. The largest absolute Gasteiger partial charge is 0.310 e. The maximum absolute atomic E-state index is 2.46. The predicted molar refractivity (Wildman–Crippen MR) is 173 cm³/mol. The van der Waals surface area contributed by atoms with Crippen LogP contribution in [0.25, 0.3) is 38.6 Å². The SMILES string of the molecule is CC1(C)c2ccccc2-c2cc3c(cc21)c1cc(N(c2ccccc2)c2ccccc2)ccc1n3-c1ccccc1. The summed E-state index contributed by atoms with van der Waals surface area (Å²) in [6.45, 7) is 4.72. The Kier molecular flexibility index (Phi) is 5.20. The number of rotatable bonds is 4. The Labute approximate surface area is 240 Å². The van der Waals surface area contributed by atoms with Gasteiger partial charge >= 0.3 is 0 Å². The molecule has 0 aliphatic heterocycles. The number of aromatic nitrogens is 1. The monoisotopic (exact) mass is 526 g/mol. The molecule has 2 nitrogen and oxygen atoms in total. The summed E-state index contributed by atoms with van der Waals surface area (Å²) in [7, 11) is 0. The third-order valence-electron chi connectivity index (χ3n) is 8.75. The van der Waals surface area contributed by atoms with Crippen molar-refractivity contribution in [3.63, 3.8) is 0 Å². The number of fused-ring (bicyclic) bond motifs is 6. The zero-order chi connectivity index (χ0) is 27.6. The molecule has 1 aliphatic rings. The lowest BCUT2D eigenvalue weighted by atomic mass is 9.82. The van der Waals surface area contributed by atoms with Crippen molar-refractivity contribution in [3.05, 3.63) is 157 Å². The second-order valence-corrected chi connectivity index (χ2v) is 11.5. The fraction of sp³-hybridized carbons (Fsp3) is 0.0769. The Balaban J connectivity index is 1.44. The minimum Gasteiger partial charge on any atom is -0.310 e. The molecule has 0 saturated heterocycles. The van der Waals surface area contributed by atoms with Crippen molar-refractivity contribution in [1.82, 2.24) is 4.57 Å². The van der Waals surface area contributed by atoms with Gasteiger partial charge in [-0.2, -0.15) is 0 Å². The summed E-state index contributed by atoms with van der Waals surface area (Å²) in [5.74, 6) is 0. The van der Waals surface area contributed by atoms with Crippen LogP contribution < -0.4 is 4.90 Å². The van der Waals surface area contributed by atoms with Crippen molar-refractivity contribution in [3.8, 4) is 16.8 Å². The summed E-state index contributed by atoms with van der Waals surface area (Å²) in [4.78, 5) is 2.35. The number of hydrogen-bond donors (Lipinski definition) is 0. The first-order valence-corrected chi connectivity index (χ1v) is 14.3. The van der Waals surface area contributed by atoms with Gasteiger partial charge in [-0.25, -0.2) is 0 Å². The van der Waals surface area contributed by atoms with Crippen LogP contribution in [0.5, 0.6) is 0 Å². The van der Waals surface area contributed by atoms with Crippen molar-refractivity contribution >= 4 is 38.9 Å². The Bertz CT molecular complexity index is 2010. The van der Waals surface area contributed by atoms with Crippen molar-refractivity contribution in [2.75, 3.05) is 4.90 Å². The van der Waals surface area contributed by atoms with Gasteiger partial charge in [-0.05, 0) is 89.0 Å². The van der Waals surface area contributed by atoms with E-state index in [1.165, 1.54) is 49.7 Å². The van der Waals surface area contributed by atoms with Gasteiger partial charge in [0.05, 0.1) is 11.0 Å². The second kappa shape index (κ2) is 8.97. The number of anilines is 3. The van der Waals surface area contributed by atoms with Crippen molar-refractivity contribution in [2.45, 2.75) is 19.3 Å². The van der Waals surface area contributed by atoms with Crippen LogP contribution in [0.15, 0.2) is 146 Å². The smallest absolute Gasteiger partial charge is 0.0547 e. The number of nitrogens with zero attached hydrogens (tertiary/aromatic N) is 2. The summed E-state index contributed by atoms with van der Waals surface area (Å²) < 4.78 is 2.43. The highest BCUT2D eigenvalue weighted by Gasteiger charge is 2.36. The van der Waals surface area contributed by atoms with E-state index >= 15 is 0 Å². The first-order chi connectivity index (χ1) is 20.1. The standard InChI is InChI=1S/C39H30N2/c1-39(2)35-21-13-12-20-31(35)32-26-38-34(25-36(32)39)33-24-30(22-23-37(33)41(38)29-18-10-5-11-19-29)40(27-14-6-3-7-15-27)28-16-8-4-9-17-28/h3-26H,1-2H3. The molecule has 6 aromatic carbocycles. The zero-order valence-corrected chi connectivity index (χ0v) is 23.3. The Hall–Kier alpha value is -5.08. The van der Waals surface area contributed by atoms with E-state index in [1.807, 2.05) is 0 Å². The van der Waals surface area contributed by atoms with E-state index in [-0.39, 0.29) is 5.41 Å². The summed E-state index contributed by atoms with van der Waals surface area (Å²) in [5, 5.41) is 2.54. The molecule has 0 N–H and O–H groups in total. The van der Waals surface area contributed by atoms with Crippen LogP contribution in [-0.2, 0) is 5.41 Å². The van der Waals surface area contributed by atoms with Gasteiger partial charge < -0.3 is 9.47 Å². The van der Waals surface area contributed by atoms with Gasteiger partial charge in [0.25, 0.3) is 0 Å². The summed E-state index contributed by atoms with van der Waals surface area (Å²) >= 11 is 0. The van der Waals surface area contributed by atoms with Crippen LogP contribution in [0.4, 0.5) is 17.1 Å². The first kappa shape index (κ1) is 23.8. The fourth-order valence-electron chi connectivity index (χ4n) is 6.80. The molecule has 2 heteroatoms. The van der Waals surface area contributed by atoms with E-state index in [0.717, 1.165) is 17.1 Å². The second-order valence-electron chi connectivity index (χ2n) is 11.5. The van der Waals surface area contributed by atoms with Crippen LogP contribution >= 0.6 is 0 Å². The summed E-state index contributed by atoms with van der Waals surface area (Å²) in [5.41, 5.74) is 12.5. The summed E-state index contributed by atoms with van der Waals surface area (Å²) in [6.07, 6.45) is 0. The van der Waals surface area contributed by atoms with Crippen LogP contribution in [0.1, 0.15) is 25.0 Å². The molecule has 0 atom stereocenters. The number of para-hydroxylation sites is 3.